The summed E-state index contributed by atoms with van der Waals surface area (Å²) in [6.45, 7) is 3.73. The van der Waals surface area contributed by atoms with Gasteiger partial charge in [0.15, 0.2) is 0 Å². The zero-order valence-electron chi connectivity index (χ0n) is 15.1. The maximum atomic E-state index is 12.4. The number of rotatable bonds is 7. The molecular weight excluding hydrogens is 386 g/mol. The van der Waals surface area contributed by atoms with E-state index in [1.54, 1.807) is 25.1 Å². The van der Waals surface area contributed by atoms with E-state index in [4.69, 9.17) is 0 Å². The fourth-order valence-electron chi connectivity index (χ4n) is 2.62. The van der Waals surface area contributed by atoms with Crippen molar-refractivity contribution in [1.29, 1.82) is 0 Å². The van der Waals surface area contributed by atoms with Crippen LogP contribution in [0.15, 0.2) is 34.2 Å². The Bertz CT molecular complexity index is 968. The Hall–Kier alpha value is -2.33. The summed E-state index contributed by atoms with van der Waals surface area (Å²) < 4.78 is 26.6. The van der Waals surface area contributed by atoms with Crippen molar-refractivity contribution >= 4 is 38.2 Å². The SMILES string of the molecule is CCCCCc1nnc(NC(=O)C(C)N=C2NS(=O)(=O)c3ccccc32)s1. The van der Waals surface area contributed by atoms with Gasteiger partial charge in [-0.2, -0.15) is 0 Å². The van der Waals surface area contributed by atoms with Gasteiger partial charge < -0.3 is 0 Å². The third kappa shape index (κ3) is 4.51. The first-order chi connectivity index (χ1) is 12.9. The highest BCUT2D eigenvalue weighted by atomic mass is 32.2. The predicted molar refractivity (Wildman–Crippen MR) is 105 cm³/mol. The lowest BCUT2D eigenvalue weighted by Gasteiger charge is -2.07. The highest BCUT2D eigenvalue weighted by molar-refractivity contribution is 7.90. The van der Waals surface area contributed by atoms with Crippen LogP contribution in [0.5, 0.6) is 0 Å². The van der Waals surface area contributed by atoms with Gasteiger partial charge >= 0.3 is 0 Å². The number of sulfonamides is 1. The van der Waals surface area contributed by atoms with Crippen molar-refractivity contribution in [2.45, 2.75) is 50.5 Å². The summed E-state index contributed by atoms with van der Waals surface area (Å²) in [4.78, 5) is 16.8. The van der Waals surface area contributed by atoms with E-state index in [1.165, 1.54) is 17.4 Å². The van der Waals surface area contributed by atoms with Crippen LogP contribution in [0.2, 0.25) is 0 Å². The van der Waals surface area contributed by atoms with Crippen LogP contribution in [0, 0.1) is 0 Å². The molecule has 0 fully saturated rings. The first-order valence-corrected chi connectivity index (χ1v) is 11.0. The molecule has 1 atom stereocenters. The number of anilines is 1. The molecule has 3 rings (SSSR count). The summed E-state index contributed by atoms with van der Waals surface area (Å²) in [5.41, 5.74) is 0.464. The molecule has 27 heavy (non-hydrogen) atoms. The number of aryl methyl sites for hydroxylation is 1. The lowest BCUT2D eigenvalue weighted by atomic mass is 10.2. The number of aromatic nitrogens is 2. The molecule has 1 aliphatic heterocycles. The molecule has 2 N–H and O–H groups in total. The normalized spacial score (nSPS) is 17.3. The van der Waals surface area contributed by atoms with Crippen molar-refractivity contribution in [1.82, 2.24) is 14.9 Å². The highest BCUT2D eigenvalue weighted by Gasteiger charge is 2.31. The van der Waals surface area contributed by atoms with Gasteiger partial charge in [0.25, 0.3) is 15.9 Å². The summed E-state index contributed by atoms with van der Waals surface area (Å²) in [6, 6.07) is 5.74. The third-order valence-corrected chi connectivity index (χ3v) is 6.35. The lowest BCUT2D eigenvalue weighted by Crippen LogP contribution is -2.28. The molecule has 0 aliphatic carbocycles. The Balaban J connectivity index is 1.67. The van der Waals surface area contributed by atoms with E-state index >= 15 is 0 Å². The van der Waals surface area contributed by atoms with Crippen molar-refractivity contribution in [3.05, 3.63) is 34.8 Å². The van der Waals surface area contributed by atoms with Gasteiger partial charge in [-0.1, -0.05) is 43.2 Å². The molecule has 144 valence electrons. The van der Waals surface area contributed by atoms with E-state index in [0.29, 0.717) is 10.7 Å². The van der Waals surface area contributed by atoms with Crippen LogP contribution in [0.1, 0.15) is 43.7 Å². The maximum Gasteiger partial charge on any atom is 0.263 e. The number of carbonyl (C=O) groups excluding carboxylic acids is 1. The molecule has 0 saturated carbocycles. The van der Waals surface area contributed by atoms with Crippen molar-refractivity contribution in [3.8, 4) is 0 Å². The van der Waals surface area contributed by atoms with E-state index in [-0.39, 0.29) is 16.6 Å². The quantitative estimate of drug-likeness (QED) is 0.684. The zero-order valence-corrected chi connectivity index (χ0v) is 16.7. The number of nitrogens with one attached hydrogen (secondary N) is 2. The van der Waals surface area contributed by atoms with Gasteiger partial charge in [0.05, 0.1) is 4.90 Å². The average molecular weight is 408 g/mol. The predicted octanol–water partition coefficient (Wildman–Crippen LogP) is 2.34. The minimum atomic E-state index is -3.63. The molecular formula is C17H21N5O3S2. The second-order valence-electron chi connectivity index (χ2n) is 6.20. The zero-order chi connectivity index (χ0) is 19.4. The maximum absolute atomic E-state index is 12.4. The number of unbranched alkanes of at least 4 members (excludes halogenated alkanes) is 2. The molecule has 10 heteroatoms. The second-order valence-corrected chi connectivity index (χ2v) is 8.92. The minimum Gasteiger partial charge on any atom is -0.299 e. The smallest absolute Gasteiger partial charge is 0.263 e. The van der Waals surface area contributed by atoms with Crippen molar-refractivity contribution in [2.24, 2.45) is 4.99 Å². The molecule has 1 aromatic heterocycles. The third-order valence-electron chi connectivity index (χ3n) is 4.06. The molecule has 1 aromatic carbocycles. The molecule has 1 unspecified atom stereocenters. The van der Waals surface area contributed by atoms with Gasteiger partial charge in [0.1, 0.15) is 16.9 Å². The molecule has 2 heterocycles. The van der Waals surface area contributed by atoms with Gasteiger partial charge in [-0.05, 0) is 25.5 Å². The number of amidine groups is 1. The number of fused-ring (bicyclic) bond motifs is 1. The standard InChI is InChI=1S/C17H21N5O3S2/c1-3-4-5-10-14-20-21-17(26-14)19-16(23)11(2)18-15-12-8-6-7-9-13(12)27(24,25)22-15/h6-9,11H,3-5,10H2,1-2H3,(H,18,22)(H,19,21,23). The van der Waals surface area contributed by atoms with Gasteiger partial charge in [-0.3, -0.25) is 19.8 Å². The molecule has 0 spiro atoms. The molecule has 1 aliphatic rings. The van der Waals surface area contributed by atoms with E-state index in [9.17, 15) is 13.2 Å². The molecule has 1 amide bonds. The fourth-order valence-corrected chi connectivity index (χ4v) is 4.65. The molecule has 8 nitrogen and oxygen atoms in total. The number of hydrogen-bond acceptors (Lipinski definition) is 7. The summed E-state index contributed by atoms with van der Waals surface area (Å²) in [7, 11) is -3.63. The van der Waals surface area contributed by atoms with Crippen LogP contribution < -0.4 is 10.0 Å². The summed E-state index contributed by atoms with van der Waals surface area (Å²) >= 11 is 1.35. The Labute approximate surface area is 162 Å². The Morgan fingerprint density at radius 2 is 2.07 bits per heavy atom. The van der Waals surface area contributed by atoms with Crippen LogP contribution in [0.25, 0.3) is 0 Å². The Morgan fingerprint density at radius 3 is 2.85 bits per heavy atom. The summed E-state index contributed by atoms with van der Waals surface area (Å²) in [5, 5.41) is 12.1. The second kappa shape index (κ2) is 8.13. The van der Waals surface area contributed by atoms with Crippen LogP contribution in [-0.4, -0.2) is 36.4 Å². The number of amides is 1. The molecule has 0 saturated heterocycles. The number of aliphatic imine (C=N–C) groups is 1. The van der Waals surface area contributed by atoms with Gasteiger partial charge in [-0.25, -0.2) is 8.42 Å². The average Bonchev–Trinajstić information content (AvgIpc) is 3.18. The van der Waals surface area contributed by atoms with Crippen LogP contribution in [-0.2, 0) is 21.2 Å². The van der Waals surface area contributed by atoms with Gasteiger partial charge in [-0.15, -0.1) is 10.2 Å². The van der Waals surface area contributed by atoms with Crippen molar-refractivity contribution in [3.63, 3.8) is 0 Å². The lowest BCUT2D eigenvalue weighted by molar-refractivity contribution is -0.117. The topological polar surface area (TPSA) is 113 Å². The first-order valence-electron chi connectivity index (χ1n) is 8.74. The summed E-state index contributed by atoms with van der Waals surface area (Å²) in [5.74, 6) is -0.201. The Morgan fingerprint density at radius 1 is 1.30 bits per heavy atom. The van der Waals surface area contributed by atoms with E-state index in [1.807, 2.05) is 0 Å². The highest BCUT2D eigenvalue weighted by Crippen LogP contribution is 2.23. The van der Waals surface area contributed by atoms with E-state index in [0.717, 1.165) is 30.7 Å². The number of nitrogens with zero attached hydrogens (tertiary/aromatic N) is 3. The van der Waals surface area contributed by atoms with Crippen molar-refractivity contribution < 1.29 is 13.2 Å². The van der Waals surface area contributed by atoms with Crippen molar-refractivity contribution in [2.75, 3.05) is 5.32 Å². The number of hydrogen-bond donors (Lipinski definition) is 2. The van der Waals surface area contributed by atoms with E-state index < -0.39 is 16.1 Å². The van der Waals surface area contributed by atoms with Crippen LogP contribution in [0.4, 0.5) is 5.13 Å². The Kier molecular flexibility index (Phi) is 5.85. The number of carbonyl (C=O) groups is 1. The largest absolute Gasteiger partial charge is 0.299 e. The molecule has 0 bridgehead atoms. The van der Waals surface area contributed by atoms with E-state index in [2.05, 4.69) is 32.2 Å². The summed E-state index contributed by atoms with van der Waals surface area (Å²) in [6.07, 6.45) is 4.15. The monoisotopic (exact) mass is 407 g/mol. The first kappa shape index (κ1) is 19.4. The van der Waals surface area contributed by atoms with Gasteiger partial charge in [0.2, 0.25) is 5.13 Å². The van der Waals surface area contributed by atoms with Gasteiger partial charge in [0, 0.05) is 12.0 Å². The number of benzene rings is 1. The van der Waals surface area contributed by atoms with Crippen LogP contribution in [0.3, 0.4) is 0 Å². The fraction of sp³-hybridized carbons (Fsp3) is 0.412. The minimum absolute atomic E-state index is 0.164. The van der Waals surface area contributed by atoms with Crippen LogP contribution >= 0.6 is 11.3 Å². The molecule has 2 aromatic rings. The molecule has 0 radical (unpaired) electrons.